The molecule has 1 aromatic heterocycles. The van der Waals surface area contributed by atoms with Crippen molar-refractivity contribution in [1.29, 1.82) is 0 Å². The van der Waals surface area contributed by atoms with Gasteiger partial charge in [0.1, 0.15) is 0 Å². The standard InChI is InChI=1S/C21H16ClN3O3/c22-21-23-9-7-18(24-21)16-6-5-14(20(27)28)11-17(16)19(26)25-10-8-13-3-1-2-4-15(13)12-25/h1-7,9,11H,8,10,12H2,(H,27,28). The summed E-state index contributed by atoms with van der Waals surface area (Å²) in [6.07, 6.45) is 2.26. The van der Waals surface area contributed by atoms with Crippen molar-refractivity contribution in [3.8, 4) is 11.3 Å². The maximum Gasteiger partial charge on any atom is 0.335 e. The van der Waals surface area contributed by atoms with E-state index in [2.05, 4.69) is 16.0 Å². The normalized spacial score (nSPS) is 13.1. The molecule has 0 saturated carbocycles. The Bertz CT molecular complexity index is 1080. The lowest BCUT2D eigenvalue weighted by Crippen LogP contribution is -2.36. The molecule has 0 fully saturated rings. The molecule has 0 bridgehead atoms. The van der Waals surface area contributed by atoms with Crippen LogP contribution in [0, 0.1) is 0 Å². The number of carbonyl (C=O) groups excluding carboxylic acids is 1. The van der Waals surface area contributed by atoms with Crippen LogP contribution >= 0.6 is 11.6 Å². The van der Waals surface area contributed by atoms with Crippen molar-refractivity contribution in [2.45, 2.75) is 13.0 Å². The van der Waals surface area contributed by atoms with Crippen LogP contribution in [0.4, 0.5) is 0 Å². The first-order valence-corrected chi connectivity index (χ1v) is 9.13. The van der Waals surface area contributed by atoms with Crippen molar-refractivity contribution in [2.24, 2.45) is 0 Å². The second kappa shape index (κ2) is 7.40. The van der Waals surface area contributed by atoms with Crippen LogP contribution in [0.1, 0.15) is 31.8 Å². The molecule has 4 rings (SSSR count). The molecule has 2 aromatic carbocycles. The van der Waals surface area contributed by atoms with E-state index in [1.165, 1.54) is 23.9 Å². The summed E-state index contributed by atoms with van der Waals surface area (Å²) in [6, 6.07) is 14.1. The number of aromatic carboxylic acids is 1. The van der Waals surface area contributed by atoms with Crippen LogP contribution < -0.4 is 0 Å². The third-order valence-corrected chi connectivity index (χ3v) is 5.00. The Labute approximate surface area is 166 Å². The Morgan fingerprint density at radius 3 is 2.61 bits per heavy atom. The number of halogens is 1. The fraction of sp³-hybridized carbons (Fsp3) is 0.143. The zero-order chi connectivity index (χ0) is 19.7. The van der Waals surface area contributed by atoms with Crippen LogP contribution in [-0.2, 0) is 13.0 Å². The first-order valence-electron chi connectivity index (χ1n) is 8.75. The molecule has 1 N–H and O–H groups in total. The van der Waals surface area contributed by atoms with Gasteiger partial charge >= 0.3 is 5.97 Å². The average Bonchev–Trinajstić information content (AvgIpc) is 2.72. The molecule has 7 heteroatoms. The van der Waals surface area contributed by atoms with Gasteiger partial charge in [0.25, 0.3) is 5.91 Å². The molecule has 3 aromatic rings. The second-order valence-electron chi connectivity index (χ2n) is 6.52. The number of rotatable bonds is 3. The minimum absolute atomic E-state index is 0.0460. The van der Waals surface area contributed by atoms with Crippen molar-refractivity contribution in [1.82, 2.24) is 14.9 Å². The number of carboxylic acids is 1. The number of benzene rings is 2. The Morgan fingerprint density at radius 1 is 1.07 bits per heavy atom. The van der Waals surface area contributed by atoms with Crippen LogP contribution in [0.15, 0.2) is 54.7 Å². The topological polar surface area (TPSA) is 83.4 Å². The first kappa shape index (κ1) is 18.1. The molecular formula is C21H16ClN3O3. The summed E-state index contributed by atoms with van der Waals surface area (Å²) in [5.41, 5.74) is 3.66. The van der Waals surface area contributed by atoms with Gasteiger partial charge in [-0.3, -0.25) is 4.79 Å². The highest BCUT2D eigenvalue weighted by Gasteiger charge is 2.25. The number of hydrogen-bond donors (Lipinski definition) is 1. The van der Waals surface area contributed by atoms with Gasteiger partial charge in [-0.2, -0.15) is 0 Å². The lowest BCUT2D eigenvalue weighted by Gasteiger charge is -2.29. The van der Waals surface area contributed by atoms with Crippen molar-refractivity contribution in [2.75, 3.05) is 6.54 Å². The van der Waals surface area contributed by atoms with E-state index in [4.69, 9.17) is 11.6 Å². The van der Waals surface area contributed by atoms with E-state index in [1.54, 1.807) is 17.0 Å². The minimum atomic E-state index is -1.09. The molecule has 0 spiro atoms. The molecule has 2 heterocycles. The second-order valence-corrected chi connectivity index (χ2v) is 6.86. The maximum atomic E-state index is 13.3. The fourth-order valence-electron chi connectivity index (χ4n) is 3.40. The van der Waals surface area contributed by atoms with E-state index in [0.717, 1.165) is 12.0 Å². The predicted octanol–water partition coefficient (Wildman–Crippen LogP) is 3.69. The van der Waals surface area contributed by atoms with E-state index in [-0.39, 0.29) is 22.3 Å². The number of fused-ring (bicyclic) bond motifs is 1. The van der Waals surface area contributed by atoms with Crippen LogP contribution in [0.25, 0.3) is 11.3 Å². The molecule has 0 radical (unpaired) electrons. The van der Waals surface area contributed by atoms with Crippen molar-refractivity contribution >= 4 is 23.5 Å². The zero-order valence-corrected chi connectivity index (χ0v) is 15.6. The number of carbonyl (C=O) groups is 2. The van der Waals surface area contributed by atoms with E-state index in [1.807, 2.05) is 18.2 Å². The molecule has 0 atom stereocenters. The van der Waals surface area contributed by atoms with Gasteiger partial charge in [0.15, 0.2) is 0 Å². The van der Waals surface area contributed by atoms with Gasteiger partial charge in [0, 0.05) is 30.4 Å². The lowest BCUT2D eigenvalue weighted by atomic mass is 9.96. The first-order chi connectivity index (χ1) is 13.5. The van der Waals surface area contributed by atoms with Gasteiger partial charge < -0.3 is 10.0 Å². The van der Waals surface area contributed by atoms with E-state index < -0.39 is 5.97 Å². The Kier molecular flexibility index (Phi) is 4.79. The van der Waals surface area contributed by atoms with Crippen LogP contribution in [-0.4, -0.2) is 38.4 Å². The molecule has 1 aliphatic rings. The number of amides is 1. The maximum absolute atomic E-state index is 13.3. The summed E-state index contributed by atoms with van der Waals surface area (Å²) < 4.78 is 0. The molecule has 28 heavy (non-hydrogen) atoms. The van der Waals surface area contributed by atoms with Gasteiger partial charge in [-0.1, -0.05) is 30.3 Å². The third-order valence-electron chi connectivity index (χ3n) is 4.82. The number of carboxylic acid groups (broad SMARTS) is 1. The monoisotopic (exact) mass is 393 g/mol. The molecule has 1 aliphatic heterocycles. The Morgan fingerprint density at radius 2 is 1.86 bits per heavy atom. The SMILES string of the molecule is O=C(O)c1ccc(-c2ccnc(Cl)n2)c(C(=O)N2CCc3ccccc3C2)c1. The van der Waals surface area contributed by atoms with E-state index in [9.17, 15) is 14.7 Å². The summed E-state index contributed by atoms with van der Waals surface area (Å²) in [6.45, 7) is 1.05. The minimum Gasteiger partial charge on any atom is -0.478 e. The molecule has 1 amide bonds. The van der Waals surface area contributed by atoms with Gasteiger partial charge in [-0.15, -0.1) is 0 Å². The zero-order valence-electron chi connectivity index (χ0n) is 14.8. The quantitative estimate of drug-likeness (QED) is 0.686. The number of nitrogens with zero attached hydrogens (tertiary/aromatic N) is 3. The Hall–Kier alpha value is -3.25. The van der Waals surface area contributed by atoms with Crippen LogP contribution in [0.2, 0.25) is 5.28 Å². The lowest BCUT2D eigenvalue weighted by molar-refractivity contribution is 0.0697. The predicted molar refractivity (Wildman–Crippen MR) is 104 cm³/mol. The van der Waals surface area contributed by atoms with Crippen molar-refractivity contribution in [3.05, 3.63) is 82.3 Å². The van der Waals surface area contributed by atoms with E-state index >= 15 is 0 Å². The van der Waals surface area contributed by atoms with Crippen LogP contribution in [0.3, 0.4) is 0 Å². The number of hydrogen-bond acceptors (Lipinski definition) is 4. The summed E-state index contributed by atoms with van der Waals surface area (Å²) >= 11 is 5.90. The smallest absolute Gasteiger partial charge is 0.335 e. The van der Waals surface area contributed by atoms with Gasteiger partial charge in [0.2, 0.25) is 5.28 Å². The van der Waals surface area contributed by atoms with Gasteiger partial charge in [-0.05, 0) is 47.3 Å². The molecule has 140 valence electrons. The van der Waals surface area contributed by atoms with E-state index in [0.29, 0.717) is 24.3 Å². The summed E-state index contributed by atoms with van der Waals surface area (Å²) in [7, 11) is 0. The molecular weight excluding hydrogens is 378 g/mol. The fourth-order valence-corrected chi connectivity index (χ4v) is 3.55. The molecule has 0 saturated heterocycles. The van der Waals surface area contributed by atoms with Crippen molar-refractivity contribution in [3.63, 3.8) is 0 Å². The largest absolute Gasteiger partial charge is 0.478 e. The number of aromatic nitrogens is 2. The third kappa shape index (κ3) is 3.46. The molecule has 0 aliphatic carbocycles. The van der Waals surface area contributed by atoms with Gasteiger partial charge in [0.05, 0.1) is 11.3 Å². The summed E-state index contributed by atoms with van der Waals surface area (Å²) in [5, 5.41) is 9.43. The summed E-state index contributed by atoms with van der Waals surface area (Å²) in [5.74, 6) is -1.33. The summed E-state index contributed by atoms with van der Waals surface area (Å²) in [4.78, 5) is 34.5. The highest BCUT2D eigenvalue weighted by molar-refractivity contribution is 6.28. The Balaban J connectivity index is 1.76. The highest BCUT2D eigenvalue weighted by Crippen LogP contribution is 2.27. The molecule has 0 unspecified atom stereocenters. The van der Waals surface area contributed by atoms with Crippen molar-refractivity contribution < 1.29 is 14.7 Å². The van der Waals surface area contributed by atoms with Gasteiger partial charge in [-0.25, -0.2) is 14.8 Å². The highest BCUT2D eigenvalue weighted by atomic mass is 35.5. The molecule has 6 nitrogen and oxygen atoms in total. The average molecular weight is 394 g/mol. The van der Waals surface area contributed by atoms with Crippen LogP contribution in [0.5, 0.6) is 0 Å².